The number of pyridine rings is 1. The van der Waals surface area contributed by atoms with Crippen LogP contribution in [0.3, 0.4) is 0 Å². The van der Waals surface area contributed by atoms with Crippen molar-refractivity contribution in [1.29, 1.82) is 0 Å². The highest BCUT2D eigenvalue weighted by Crippen LogP contribution is 2.31. The predicted octanol–water partition coefficient (Wildman–Crippen LogP) is 7.05. The zero-order chi connectivity index (χ0) is 26.1. The first-order valence-electron chi connectivity index (χ1n) is 12.8. The Balaban J connectivity index is 1.75. The maximum absolute atomic E-state index is 6.31. The van der Waals surface area contributed by atoms with Gasteiger partial charge in [0, 0.05) is 37.5 Å². The van der Waals surface area contributed by atoms with Crippen LogP contribution in [0.25, 0.3) is 0 Å². The van der Waals surface area contributed by atoms with Gasteiger partial charge in [-0.3, -0.25) is 9.98 Å². The molecule has 1 saturated heterocycles. The predicted molar refractivity (Wildman–Crippen MR) is 152 cm³/mol. The van der Waals surface area contributed by atoms with Crippen molar-refractivity contribution in [1.82, 2.24) is 10.3 Å². The summed E-state index contributed by atoms with van der Waals surface area (Å²) in [6.45, 7) is 13.0. The lowest BCUT2D eigenvalue weighted by atomic mass is 9.87. The highest BCUT2D eigenvalue weighted by molar-refractivity contribution is 8.00. The number of rotatable bonds is 10. The highest BCUT2D eigenvalue weighted by atomic mass is 35.5. The van der Waals surface area contributed by atoms with Crippen molar-refractivity contribution in [3.05, 3.63) is 52.8 Å². The van der Waals surface area contributed by atoms with Crippen molar-refractivity contribution >= 4 is 35.1 Å². The van der Waals surface area contributed by atoms with Gasteiger partial charge in [-0.2, -0.15) is 0 Å². The van der Waals surface area contributed by atoms with E-state index in [4.69, 9.17) is 26.1 Å². The summed E-state index contributed by atoms with van der Waals surface area (Å²) >= 11 is 7.86. The van der Waals surface area contributed by atoms with Crippen LogP contribution in [0.1, 0.15) is 71.2 Å². The summed E-state index contributed by atoms with van der Waals surface area (Å²) in [5.74, 6) is 1.42. The van der Waals surface area contributed by atoms with Crippen molar-refractivity contribution in [3.8, 4) is 0 Å². The molecule has 0 aliphatic carbocycles. The van der Waals surface area contributed by atoms with Gasteiger partial charge in [-0.05, 0) is 73.2 Å². The fourth-order valence-electron chi connectivity index (χ4n) is 4.43. The van der Waals surface area contributed by atoms with E-state index in [1.165, 1.54) is 5.56 Å². The quantitative estimate of drug-likeness (QED) is 0.194. The van der Waals surface area contributed by atoms with Gasteiger partial charge in [0.15, 0.2) is 0 Å². The molecular weight excluding hydrogens is 492 g/mol. The summed E-state index contributed by atoms with van der Waals surface area (Å²) in [5, 5.41) is 4.26. The number of aliphatic imine (C=N–C) groups is 1. The van der Waals surface area contributed by atoms with Crippen LogP contribution >= 0.6 is 23.5 Å². The molecule has 1 fully saturated rings. The standard InChI is InChI=1S/C28H41ClN4O2S/c1-7-24(20-12-14-35-15-13-20)32-26(18-34-6)31-19(2)27-25(16-22(29)17-30-27)33-36-23-10-8-21(9-11-23)28(3,4)5/h8-11,16-17,19-20,24,33H,7,12-15,18H2,1-6H3,(H,31,32). The SMILES string of the molecule is CCC(NC(COC)=NC(C)c1ncc(Cl)cc1NSc1ccc(C(C)(C)C)cc1)C1CCOCC1. The number of hydrogen-bond donors (Lipinski definition) is 2. The number of hydrogen-bond acceptors (Lipinski definition) is 6. The van der Waals surface area contributed by atoms with E-state index in [0.29, 0.717) is 23.6 Å². The average Bonchev–Trinajstić information content (AvgIpc) is 2.86. The lowest BCUT2D eigenvalue weighted by Gasteiger charge is -2.31. The summed E-state index contributed by atoms with van der Waals surface area (Å²) in [4.78, 5) is 10.8. The normalized spacial score (nSPS) is 17.0. The molecule has 1 aromatic heterocycles. The summed E-state index contributed by atoms with van der Waals surface area (Å²) in [6.07, 6.45) is 4.85. The molecule has 2 aromatic rings. The van der Waals surface area contributed by atoms with E-state index in [2.05, 4.69) is 73.9 Å². The minimum Gasteiger partial charge on any atom is -0.381 e. The first kappa shape index (κ1) is 28.8. The van der Waals surface area contributed by atoms with Crippen LogP contribution in [0.15, 0.2) is 46.4 Å². The van der Waals surface area contributed by atoms with Crippen LogP contribution in [0.4, 0.5) is 5.69 Å². The van der Waals surface area contributed by atoms with Crippen molar-refractivity contribution in [2.45, 2.75) is 76.3 Å². The van der Waals surface area contributed by atoms with Gasteiger partial charge >= 0.3 is 0 Å². The molecule has 198 valence electrons. The van der Waals surface area contributed by atoms with Gasteiger partial charge < -0.3 is 19.5 Å². The lowest BCUT2D eigenvalue weighted by Crippen LogP contribution is -2.43. The number of anilines is 1. The van der Waals surface area contributed by atoms with Gasteiger partial charge in [-0.15, -0.1) is 0 Å². The molecule has 36 heavy (non-hydrogen) atoms. The number of nitrogens with zero attached hydrogens (tertiary/aromatic N) is 2. The van der Waals surface area contributed by atoms with Crippen LogP contribution in [0.2, 0.25) is 5.02 Å². The van der Waals surface area contributed by atoms with Crippen molar-refractivity contribution in [3.63, 3.8) is 0 Å². The van der Waals surface area contributed by atoms with Gasteiger partial charge in [-0.25, -0.2) is 0 Å². The number of amidine groups is 1. The average molecular weight is 533 g/mol. The van der Waals surface area contributed by atoms with E-state index < -0.39 is 0 Å². The van der Waals surface area contributed by atoms with Crippen LogP contribution in [0.5, 0.6) is 0 Å². The Kier molecular flexibility index (Phi) is 10.9. The minimum absolute atomic E-state index is 0.129. The van der Waals surface area contributed by atoms with E-state index in [-0.39, 0.29) is 11.5 Å². The highest BCUT2D eigenvalue weighted by Gasteiger charge is 2.24. The van der Waals surface area contributed by atoms with Gasteiger partial charge in [0.05, 0.1) is 22.4 Å². The Morgan fingerprint density at radius 2 is 1.94 bits per heavy atom. The molecule has 0 bridgehead atoms. The summed E-state index contributed by atoms with van der Waals surface area (Å²) < 4.78 is 14.5. The van der Waals surface area contributed by atoms with Crippen LogP contribution in [-0.2, 0) is 14.9 Å². The molecule has 8 heteroatoms. The molecule has 1 aliphatic heterocycles. The third-order valence-electron chi connectivity index (χ3n) is 6.54. The van der Waals surface area contributed by atoms with E-state index in [9.17, 15) is 0 Å². The smallest absolute Gasteiger partial charge is 0.123 e. The zero-order valence-electron chi connectivity index (χ0n) is 22.4. The molecule has 3 rings (SSSR count). The van der Waals surface area contributed by atoms with Crippen LogP contribution in [-0.4, -0.2) is 43.8 Å². The van der Waals surface area contributed by atoms with Gasteiger partial charge in [0.2, 0.25) is 0 Å². The Hall–Kier alpha value is -1.80. The van der Waals surface area contributed by atoms with E-state index >= 15 is 0 Å². The van der Waals surface area contributed by atoms with Crippen molar-refractivity contribution in [2.24, 2.45) is 10.9 Å². The van der Waals surface area contributed by atoms with Crippen LogP contribution in [0, 0.1) is 5.92 Å². The van der Waals surface area contributed by atoms with E-state index in [1.54, 1.807) is 25.3 Å². The molecule has 0 radical (unpaired) electrons. The number of ether oxygens (including phenoxy) is 2. The van der Waals surface area contributed by atoms with Crippen molar-refractivity contribution < 1.29 is 9.47 Å². The lowest BCUT2D eigenvalue weighted by molar-refractivity contribution is 0.0554. The number of halogens is 1. The molecule has 0 saturated carbocycles. The van der Waals surface area contributed by atoms with Gasteiger partial charge in [-0.1, -0.05) is 51.4 Å². The van der Waals surface area contributed by atoms with Crippen molar-refractivity contribution in [2.75, 3.05) is 31.7 Å². The summed E-state index contributed by atoms with van der Waals surface area (Å²) in [7, 11) is 1.70. The topological polar surface area (TPSA) is 67.8 Å². The Bertz CT molecular complexity index is 988. The zero-order valence-corrected chi connectivity index (χ0v) is 24.0. The molecule has 2 unspecified atom stereocenters. The molecule has 0 spiro atoms. The summed E-state index contributed by atoms with van der Waals surface area (Å²) in [6, 6.07) is 10.7. The van der Waals surface area contributed by atoms with Gasteiger partial charge in [0.1, 0.15) is 12.4 Å². The van der Waals surface area contributed by atoms with Gasteiger partial charge in [0.25, 0.3) is 0 Å². The second-order valence-corrected chi connectivity index (χ2v) is 11.7. The first-order valence-corrected chi connectivity index (χ1v) is 14.0. The molecule has 1 aromatic carbocycles. The van der Waals surface area contributed by atoms with E-state index in [1.807, 2.05) is 6.07 Å². The number of aromatic nitrogens is 1. The second kappa shape index (κ2) is 13.7. The molecule has 2 heterocycles. The third kappa shape index (κ3) is 8.37. The fraction of sp³-hybridized carbons (Fsp3) is 0.571. The number of nitrogens with one attached hydrogen (secondary N) is 2. The minimum atomic E-state index is -0.182. The molecule has 2 atom stereocenters. The molecule has 2 N–H and O–H groups in total. The maximum atomic E-state index is 6.31. The number of methoxy groups -OCH3 is 1. The van der Waals surface area contributed by atoms with Crippen LogP contribution < -0.4 is 10.0 Å². The molecule has 0 amide bonds. The monoisotopic (exact) mass is 532 g/mol. The second-order valence-electron chi connectivity index (χ2n) is 10.4. The Morgan fingerprint density at radius 3 is 2.56 bits per heavy atom. The Labute approximate surface area is 226 Å². The molecular formula is C28H41ClN4O2S. The van der Waals surface area contributed by atoms with E-state index in [0.717, 1.165) is 54.6 Å². The molecule has 6 nitrogen and oxygen atoms in total. The molecule has 1 aliphatic rings. The summed E-state index contributed by atoms with van der Waals surface area (Å²) in [5.41, 5.74) is 3.14. The first-order chi connectivity index (χ1) is 17.2. The number of benzene rings is 1. The Morgan fingerprint density at radius 1 is 1.25 bits per heavy atom. The maximum Gasteiger partial charge on any atom is 0.123 e. The largest absolute Gasteiger partial charge is 0.381 e. The third-order valence-corrected chi connectivity index (χ3v) is 7.57. The fourth-order valence-corrected chi connectivity index (χ4v) is 5.26.